The minimum atomic E-state index is -0.671. The first-order chi connectivity index (χ1) is 17.4. The summed E-state index contributed by atoms with van der Waals surface area (Å²) < 4.78 is 7.12. The molecule has 36 heavy (non-hydrogen) atoms. The summed E-state index contributed by atoms with van der Waals surface area (Å²) in [5.41, 5.74) is 2.99. The molecule has 184 valence electrons. The first-order valence-corrected chi connectivity index (χ1v) is 12.1. The van der Waals surface area contributed by atoms with Gasteiger partial charge in [-0.3, -0.25) is 4.79 Å². The fourth-order valence-corrected chi connectivity index (χ4v) is 4.68. The number of carbonyl (C=O) groups is 2. The number of hydrogen-bond donors (Lipinski definition) is 0. The predicted octanol–water partition coefficient (Wildman–Crippen LogP) is 2.62. The number of esters is 1. The predicted molar refractivity (Wildman–Crippen MR) is 134 cm³/mol. The lowest BCUT2D eigenvalue weighted by molar-refractivity contribution is -0.131. The van der Waals surface area contributed by atoms with Gasteiger partial charge in [-0.1, -0.05) is 17.9 Å². The molecule has 0 unspecified atom stereocenters. The van der Waals surface area contributed by atoms with Gasteiger partial charge in [0, 0.05) is 50.1 Å². The van der Waals surface area contributed by atoms with Crippen LogP contribution in [-0.4, -0.2) is 63.3 Å². The van der Waals surface area contributed by atoms with E-state index in [-0.39, 0.29) is 12.5 Å². The average Bonchev–Trinajstić information content (AvgIpc) is 3.41. The fourth-order valence-electron chi connectivity index (χ4n) is 4.68. The normalized spacial score (nSPS) is 19.0. The van der Waals surface area contributed by atoms with Gasteiger partial charge in [0.25, 0.3) is 0 Å². The van der Waals surface area contributed by atoms with E-state index in [1.54, 1.807) is 30.3 Å². The van der Waals surface area contributed by atoms with E-state index in [9.17, 15) is 9.59 Å². The zero-order valence-corrected chi connectivity index (χ0v) is 20.7. The number of ether oxygens (including phenoxy) is 1. The molecule has 1 amide bonds. The molecule has 1 aromatic carbocycles. The van der Waals surface area contributed by atoms with Crippen LogP contribution < -0.4 is 4.90 Å². The quantitative estimate of drug-likeness (QED) is 0.415. The van der Waals surface area contributed by atoms with Crippen LogP contribution in [0.25, 0.3) is 5.69 Å². The zero-order chi connectivity index (χ0) is 25.3. The summed E-state index contributed by atoms with van der Waals surface area (Å²) in [6.45, 7) is 5.81. The number of anilines is 1. The van der Waals surface area contributed by atoms with Gasteiger partial charge >= 0.3 is 5.97 Å². The van der Waals surface area contributed by atoms with Crippen LogP contribution in [0, 0.1) is 17.3 Å². The summed E-state index contributed by atoms with van der Waals surface area (Å²) in [4.78, 5) is 37.8. The highest BCUT2D eigenvalue weighted by atomic mass is 16.5. The van der Waals surface area contributed by atoms with Gasteiger partial charge in [-0.15, -0.1) is 0 Å². The molecule has 1 atom stereocenters. The van der Waals surface area contributed by atoms with Crippen LogP contribution >= 0.6 is 0 Å². The van der Waals surface area contributed by atoms with Crippen molar-refractivity contribution in [1.29, 1.82) is 0 Å². The number of fused-ring (bicyclic) bond motifs is 1. The molecular weight excluding hydrogens is 456 g/mol. The minimum absolute atomic E-state index is 0.0540. The molecule has 2 aliphatic heterocycles. The summed E-state index contributed by atoms with van der Waals surface area (Å²) in [6.07, 6.45) is 4.79. The van der Waals surface area contributed by atoms with Gasteiger partial charge in [0.2, 0.25) is 11.9 Å². The van der Waals surface area contributed by atoms with E-state index < -0.39 is 11.4 Å². The molecule has 5 rings (SSSR count). The first kappa shape index (κ1) is 23.5. The molecule has 2 aliphatic rings. The van der Waals surface area contributed by atoms with E-state index in [2.05, 4.69) is 26.9 Å². The Balaban J connectivity index is 1.50. The molecule has 0 bridgehead atoms. The Morgan fingerprint density at radius 3 is 2.72 bits per heavy atom. The maximum Gasteiger partial charge on any atom is 0.359 e. The second kappa shape index (κ2) is 9.46. The second-order valence-electron chi connectivity index (χ2n) is 9.24. The van der Waals surface area contributed by atoms with Gasteiger partial charge in [0.15, 0.2) is 5.69 Å². The van der Waals surface area contributed by atoms with Gasteiger partial charge in [0.1, 0.15) is 5.41 Å². The highest BCUT2D eigenvalue weighted by Gasteiger charge is 2.39. The molecule has 0 radical (unpaired) electrons. The van der Waals surface area contributed by atoms with Crippen molar-refractivity contribution in [3.63, 3.8) is 0 Å². The maximum absolute atomic E-state index is 12.8. The van der Waals surface area contributed by atoms with Crippen LogP contribution in [0.4, 0.5) is 5.95 Å². The van der Waals surface area contributed by atoms with Crippen molar-refractivity contribution < 1.29 is 14.3 Å². The molecule has 4 heterocycles. The number of carbonyl (C=O) groups excluding carboxylic acids is 2. The SMILES string of the molecule is CCOC(=O)c1nn(-c2cccc(C#C[C@]3(C)CCN(C)C3=O)c2)c2c1CN(c1ncccn1)CC2. The summed E-state index contributed by atoms with van der Waals surface area (Å²) in [6, 6.07) is 9.48. The van der Waals surface area contributed by atoms with Crippen LogP contribution in [-0.2, 0) is 22.5 Å². The molecule has 9 nitrogen and oxygen atoms in total. The van der Waals surface area contributed by atoms with Crippen molar-refractivity contribution >= 4 is 17.8 Å². The standard InChI is InChI=1S/C27H28N6O3/c1-4-36-24(34)23-21-18-32(26-28-13-6-14-29-26)15-10-22(21)33(30-23)20-8-5-7-19(17-20)9-11-27(2)12-16-31(3)25(27)35/h5-8,13-14,17H,4,10,12,15-16,18H2,1-3H3/t27-/m1/s1. The van der Waals surface area contributed by atoms with Crippen molar-refractivity contribution in [2.24, 2.45) is 5.41 Å². The zero-order valence-electron chi connectivity index (χ0n) is 20.7. The lowest BCUT2D eigenvalue weighted by atomic mass is 9.89. The monoisotopic (exact) mass is 484 g/mol. The lowest BCUT2D eigenvalue weighted by Crippen LogP contribution is -2.32. The fraction of sp³-hybridized carbons (Fsp3) is 0.370. The maximum atomic E-state index is 12.8. The van der Waals surface area contributed by atoms with E-state index in [1.807, 2.05) is 47.8 Å². The molecule has 0 aliphatic carbocycles. The Morgan fingerprint density at radius 2 is 2.00 bits per heavy atom. The van der Waals surface area contributed by atoms with Gasteiger partial charge < -0.3 is 14.5 Å². The topological polar surface area (TPSA) is 93.5 Å². The molecule has 0 saturated carbocycles. The Morgan fingerprint density at radius 1 is 1.19 bits per heavy atom. The number of nitrogens with zero attached hydrogens (tertiary/aromatic N) is 6. The minimum Gasteiger partial charge on any atom is -0.461 e. The van der Waals surface area contributed by atoms with E-state index in [4.69, 9.17) is 4.74 Å². The number of amides is 1. The molecular formula is C27H28N6O3. The second-order valence-corrected chi connectivity index (χ2v) is 9.24. The summed E-state index contributed by atoms with van der Waals surface area (Å²) >= 11 is 0. The summed E-state index contributed by atoms with van der Waals surface area (Å²) in [7, 11) is 1.81. The third-order valence-electron chi connectivity index (χ3n) is 6.70. The molecule has 0 N–H and O–H groups in total. The highest BCUT2D eigenvalue weighted by molar-refractivity contribution is 5.89. The van der Waals surface area contributed by atoms with Crippen LogP contribution in [0.3, 0.4) is 0 Å². The molecule has 1 fully saturated rings. The number of likely N-dealkylation sites (tertiary alicyclic amines) is 1. The van der Waals surface area contributed by atoms with Crippen molar-refractivity contribution in [2.45, 2.75) is 33.2 Å². The van der Waals surface area contributed by atoms with Crippen LogP contribution in [0.1, 0.15) is 47.6 Å². The molecule has 0 spiro atoms. The molecule has 9 heteroatoms. The summed E-state index contributed by atoms with van der Waals surface area (Å²) in [5.74, 6) is 6.61. The molecule has 2 aromatic heterocycles. The first-order valence-electron chi connectivity index (χ1n) is 12.1. The van der Waals surface area contributed by atoms with Crippen LogP contribution in [0.2, 0.25) is 0 Å². The van der Waals surface area contributed by atoms with Gasteiger partial charge in [-0.2, -0.15) is 5.10 Å². The average molecular weight is 485 g/mol. The van der Waals surface area contributed by atoms with Crippen LogP contribution in [0.15, 0.2) is 42.7 Å². The number of rotatable bonds is 4. The number of benzene rings is 1. The van der Waals surface area contributed by atoms with E-state index in [0.29, 0.717) is 44.1 Å². The molecule has 1 saturated heterocycles. The van der Waals surface area contributed by atoms with E-state index in [1.165, 1.54) is 0 Å². The van der Waals surface area contributed by atoms with E-state index >= 15 is 0 Å². The van der Waals surface area contributed by atoms with Crippen molar-refractivity contribution in [3.05, 3.63) is 65.2 Å². The molecule has 3 aromatic rings. The third-order valence-corrected chi connectivity index (χ3v) is 6.70. The number of aromatic nitrogens is 4. The largest absolute Gasteiger partial charge is 0.461 e. The van der Waals surface area contributed by atoms with Crippen molar-refractivity contribution in [1.82, 2.24) is 24.6 Å². The number of hydrogen-bond acceptors (Lipinski definition) is 7. The van der Waals surface area contributed by atoms with Crippen molar-refractivity contribution in [3.8, 4) is 17.5 Å². The third kappa shape index (κ3) is 4.31. The Labute approximate surface area is 210 Å². The lowest BCUT2D eigenvalue weighted by Gasteiger charge is -2.27. The Kier molecular flexibility index (Phi) is 6.18. The smallest absolute Gasteiger partial charge is 0.359 e. The van der Waals surface area contributed by atoms with Gasteiger partial charge in [-0.05, 0) is 44.5 Å². The Hall–Kier alpha value is -4.19. The highest BCUT2D eigenvalue weighted by Crippen LogP contribution is 2.30. The van der Waals surface area contributed by atoms with Crippen molar-refractivity contribution in [2.75, 3.05) is 31.6 Å². The van der Waals surface area contributed by atoms with Gasteiger partial charge in [0.05, 0.1) is 24.5 Å². The van der Waals surface area contributed by atoms with Gasteiger partial charge in [-0.25, -0.2) is 19.4 Å². The summed E-state index contributed by atoms with van der Waals surface area (Å²) in [5, 5.41) is 4.69. The van der Waals surface area contributed by atoms with E-state index in [0.717, 1.165) is 22.5 Å². The van der Waals surface area contributed by atoms with Crippen LogP contribution in [0.5, 0.6) is 0 Å². The Bertz CT molecular complexity index is 1370.